The Labute approximate surface area is 144 Å². The van der Waals surface area contributed by atoms with Crippen LogP contribution in [0.2, 0.25) is 0 Å². The minimum atomic E-state index is -0.602. The molecule has 0 bridgehead atoms. The van der Waals surface area contributed by atoms with E-state index >= 15 is 0 Å². The number of piperidine rings is 1. The zero-order chi connectivity index (χ0) is 17.6. The van der Waals surface area contributed by atoms with Gasteiger partial charge in [-0.3, -0.25) is 19.1 Å². The SMILES string of the molecule is O=C(Cn1ccc(=O)[nH]c1=O)NCc1ccc(N2CCCCC2)nc1. The van der Waals surface area contributed by atoms with Crippen molar-refractivity contribution in [1.82, 2.24) is 19.9 Å². The molecule has 132 valence electrons. The molecule has 0 aromatic carbocycles. The van der Waals surface area contributed by atoms with Crippen LogP contribution in [0.15, 0.2) is 40.2 Å². The van der Waals surface area contributed by atoms with Crippen molar-refractivity contribution in [2.75, 3.05) is 18.0 Å². The average Bonchev–Trinajstić information content (AvgIpc) is 2.63. The Hall–Kier alpha value is -2.90. The van der Waals surface area contributed by atoms with Crippen molar-refractivity contribution in [2.45, 2.75) is 32.4 Å². The van der Waals surface area contributed by atoms with Gasteiger partial charge in [0.2, 0.25) is 5.91 Å². The van der Waals surface area contributed by atoms with Crippen LogP contribution in [0.5, 0.6) is 0 Å². The van der Waals surface area contributed by atoms with Gasteiger partial charge in [0, 0.05) is 38.1 Å². The number of carbonyl (C=O) groups excluding carboxylic acids is 1. The highest BCUT2D eigenvalue weighted by molar-refractivity contribution is 5.75. The molecule has 0 unspecified atom stereocenters. The molecule has 0 aliphatic carbocycles. The van der Waals surface area contributed by atoms with Crippen molar-refractivity contribution in [3.05, 3.63) is 57.0 Å². The first-order chi connectivity index (χ1) is 12.1. The maximum atomic E-state index is 11.9. The van der Waals surface area contributed by atoms with Crippen LogP contribution < -0.4 is 21.5 Å². The third-order valence-electron chi connectivity index (χ3n) is 4.19. The Morgan fingerprint density at radius 3 is 2.64 bits per heavy atom. The van der Waals surface area contributed by atoms with E-state index in [0.29, 0.717) is 6.54 Å². The molecule has 1 aliphatic heterocycles. The molecule has 1 saturated heterocycles. The molecule has 8 nitrogen and oxygen atoms in total. The first-order valence-corrected chi connectivity index (χ1v) is 8.38. The highest BCUT2D eigenvalue weighted by atomic mass is 16.2. The lowest BCUT2D eigenvalue weighted by Gasteiger charge is -2.27. The van der Waals surface area contributed by atoms with Crippen molar-refractivity contribution < 1.29 is 4.79 Å². The van der Waals surface area contributed by atoms with Crippen molar-refractivity contribution in [1.29, 1.82) is 0 Å². The van der Waals surface area contributed by atoms with Crippen LogP contribution in [0.3, 0.4) is 0 Å². The van der Waals surface area contributed by atoms with E-state index in [1.165, 1.54) is 31.5 Å². The van der Waals surface area contributed by atoms with E-state index in [1.54, 1.807) is 6.20 Å². The summed E-state index contributed by atoms with van der Waals surface area (Å²) in [6, 6.07) is 5.13. The number of H-pyrrole nitrogens is 1. The summed E-state index contributed by atoms with van der Waals surface area (Å²) >= 11 is 0. The van der Waals surface area contributed by atoms with Crippen LogP contribution in [-0.2, 0) is 17.9 Å². The number of rotatable bonds is 5. The molecule has 0 saturated carbocycles. The third-order valence-corrected chi connectivity index (χ3v) is 4.19. The summed E-state index contributed by atoms with van der Waals surface area (Å²) in [5, 5.41) is 2.74. The molecule has 8 heteroatoms. The first kappa shape index (κ1) is 16.9. The zero-order valence-corrected chi connectivity index (χ0v) is 13.9. The van der Waals surface area contributed by atoms with E-state index in [-0.39, 0.29) is 12.5 Å². The largest absolute Gasteiger partial charge is 0.357 e. The van der Waals surface area contributed by atoms with Gasteiger partial charge < -0.3 is 10.2 Å². The number of carbonyl (C=O) groups is 1. The van der Waals surface area contributed by atoms with Gasteiger partial charge in [-0.15, -0.1) is 0 Å². The fourth-order valence-electron chi connectivity index (χ4n) is 2.81. The lowest BCUT2D eigenvalue weighted by molar-refractivity contribution is -0.121. The summed E-state index contributed by atoms with van der Waals surface area (Å²) in [5.74, 6) is 0.656. The van der Waals surface area contributed by atoms with Crippen molar-refractivity contribution in [3.63, 3.8) is 0 Å². The van der Waals surface area contributed by atoms with E-state index in [1.807, 2.05) is 12.1 Å². The quantitative estimate of drug-likeness (QED) is 0.810. The van der Waals surface area contributed by atoms with Gasteiger partial charge in [0.15, 0.2) is 0 Å². The van der Waals surface area contributed by atoms with Crippen molar-refractivity contribution in [2.24, 2.45) is 0 Å². The van der Waals surface area contributed by atoms with Gasteiger partial charge in [-0.25, -0.2) is 9.78 Å². The van der Waals surface area contributed by atoms with E-state index in [9.17, 15) is 14.4 Å². The Balaban J connectivity index is 1.53. The summed E-state index contributed by atoms with van der Waals surface area (Å²) in [5.41, 5.74) is -0.195. The molecular weight excluding hydrogens is 322 g/mol. The van der Waals surface area contributed by atoms with E-state index in [0.717, 1.165) is 29.0 Å². The lowest BCUT2D eigenvalue weighted by Crippen LogP contribution is -2.35. The number of amides is 1. The third kappa shape index (κ3) is 4.56. The fourth-order valence-corrected chi connectivity index (χ4v) is 2.81. The second kappa shape index (κ2) is 7.78. The van der Waals surface area contributed by atoms with E-state index in [2.05, 4.69) is 20.2 Å². The Morgan fingerprint density at radius 1 is 1.16 bits per heavy atom. The molecule has 0 atom stereocenters. The van der Waals surface area contributed by atoms with Gasteiger partial charge in [0.05, 0.1) is 0 Å². The molecule has 3 heterocycles. The number of hydrogen-bond acceptors (Lipinski definition) is 5. The van der Waals surface area contributed by atoms with Crippen LogP contribution in [0.25, 0.3) is 0 Å². The second-order valence-corrected chi connectivity index (χ2v) is 6.09. The van der Waals surface area contributed by atoms with Gasteiger partial charge in [-0.1, -0.05) is 6.07 Å². The number of nitrogens with zero attached hydrogens (tertiary/aromatic N) is 3. The lowest BCUT2D eigenvalue weighted by atomic mass is 10.1. The van der Waals surface area contributed by atoms with Crippen LogP contribution in [0.1, 0.15) is 24.8 Å². The highest BCUT2D eigenvalue weighted by Gasteiger charge is 2.12. The molecule has 1 aliphatic rings. The zero-order valence-electron chi connectivity index (χ0n) is 13.9. The van der Waals surface area contributed by atoms with Gasteiger partial charge >= 0.3 is 5.69 Å². The van der Waals surface area contributed by atoms with Crippen molar-refractivity contribution in [3.8, 4) is 0 Å². The number of hydrogen-bond donors (Lipinski definition) is 2. The predicted molar refractivity (Wildman–Crippen MR) is 93.5 cm³/mol. The van der Waals surface area contributed by atoms with Crippen LogP contribution in [0.4, 0.5) is 5.82 Å². The normalized spacial score (nSPS) is 14.3. The molecule has 2 N–H and O–H groups in total. The summed E-state index contributed by atoms with van der Waals surface area (Å²) in [6.45, 7) is 2.27. The van der Waals surface area contributed by atoms with Gasteiger partial charge in [-0.2, -0.15) is 0 Å². The molecule has 1 fully saturated rings. The average molecular weight is 343 g/mol. The van der Waals surface area contributed by atoms with Crippen molar-refractivity contribution >= 4 is 11.7 Å². The Kier molecular flexibility index (Phi) is 5.27. The Morgan fingerprint density at radius 2 is 1.96 bits per heavy atom. The second-order valence-electron chi connectivity index (χ2n) is 6.09. The number of aromatic amines is 1. The highest BCUT2D eigenvalue weighted by Crippen LogP contribution is 2.17. The van der Waals surface area contributed by atoms with Gasteiger partial charge in [0.1, 0.15) is 12.4 Å². The molecule has 2 aromatic rings. The summed E-state index contributed by atoms with van der Waals surface area (Å²) in [4.78, 5) is 43.3. The number of nitrogens with one attached hydrogen (secondary N) is 2. The Bertz CT molecular complexity index is 834. The summed E-state index contributed by atoms with van der Waals surface area (Å²) < 4.78 is 1.15. The summed E-state index contributed by atoms with van der Waals surface area (Å²) in [6.07, 6.45) is 6.73. The minimum absolute atomic E-state index is 0.144. The van der Waals surface area contributed by atoms with E-state index < -0.39 is 11.2 Å². The molecule has 25 heavy (non-hydrogen) atoms. The monoisotopic (exact) mass is 343 g/mol. The van der Waals surface area contributed by atoms with Crippen LogP contribution in [0, 0.1) is 0 Å². The van der Waals surface area contributed by atoms with Gasteiger partial charge in [0.25, 0.3) is 5.56 Å². The predicted octanol–water partition coefficient (Wildman–Crippen LogP) is 0.238. The molecule has 0 spiro atoms. The minimum Gasteiger partial charge on any atom is -0.357 e. The maximum Gasteiger partial charge on any atom is 0.328 e. The molecule has 3 rings (SSSR count). The first-order valence-electron chi connectivity index (χ1n) is 8.38. The maximum absolute atomic E-state index is 11.9. The summed E-state index contributed by atoms with van der Waals surface area (Å²) in [7, 11) is 0. The van der Waals surface area contributed by atoms with Crippen LogP contribution >= 0.6 is 0 Å². The van der Waals surface area contributed by atoms with Crippen LogP contribution in [-0.4, -0.2) is 33.5 Å². The standard InChI is InChI=1S/C17H21N5O3/c23-15-6-9-22(17(25)20-15)12-16(24)19-11-13-4-5-14(18-10-13)21-7-2-1-3-8-21/h4-6,9-10H,1-3,7-8,11-12H2,(H,19,24)(H,20,23,25). The number of anilines is 1. The number of aromatic nitrogens is 3. The molecule has 1 amide bonds. The van der Waals surface area contributed by atoms with Gasteiger partial charge in [-0.05, 0) is 30.9 Å². The molecule has 0 radical (unpaired) electrons. The number of pyridine rings is 1. The molecule has 2 aromatic heterocycles. The topological polar surface area (TPSA) is 100 Å². The van der Waals surface area contributed by atoms with E-state index in [4.69, 9.17) is 0 Å². The fraction of sp³-hybridized carbons (Fsp3) is 0.412. The smallest absolute Gasteiger partial charge is 0.328 e. The molecular formula is C17H21N5O3.